The van der Waals surface area contributed by atoms with Crippen LogP contribution >= 0.6 is 0 Å². The maximum absolute atomic E-state index is 13.0. The van der Waals surface area contributed by atoms with Crippen molar-refractivity contribution < 1.29 is 13.9 Å². The summed E-state index contributed by atoms with van der Waals surface area (Å²) in [5.74, 6) is 0.273. The zero-order valence-electron chi connectivity index (χ0n) is 13.7. The highest BCUT2D eigenvalue weighted by atomic mass is 19.1. The quantitative estimate of drug-likeness (QED) is 0.912. The fourth-order valence-corrected chi connectivity index (χ4v) is 3.65. The van der Waals surface area contributed by atoms with Crippen LogP contribution in [0.5, 0.6) is 0 Å². The van der Waals surface area contributed by atoms with E-state index in [2.05, 4.69) is 15.3 Å². The number of fused-ring (bicyclic) bond motifs is 1. The first kappa shape index (κ1) is 16.0. The Hall–Kier alpha value is -2.54. The molecule has 2 saturated heterocycles. The number of hydrogen-bond donors (Lipinski definition) is 1. The van der Waals surface area contributed by atoms with Crippen LogP contribution in [0.15, 0.2) is 42.7 Å². The SMILES string of the molecule is O=C(NC[C@]12COC[C@H]1CN(c1ncc(F)cn1)C2)c1ccccc1. The average molecular weight is 342 g/mol. The number of carbonyl (C=O) groups is 1. The maximum atomic E-state index is 13.0. The molecule has 2 atom stereocenters. The van der Waals surface area contributed by atoms with Crippen LogP contribution in [0, 0.1) is 17.2 Å². The van der Waals surface area contributed by atoms with Crippen LogP contribution in [0.25, 0.3) is 0 Å². The third kappa shape index (κ3) is 3.07. The summed E-state index contributed by atoms with van der Waals surface area (Å²) < 4.78 is 18.7. The summed E-state index contributed by atoms with van der Waals surface area (Å²) in [6.45, 7) is 3.19. The second-order valence-corrected chi connectivity index (χ2v) is 6.70. The van der Waals surface area contributed by atoms with Gasteiger partial charge in [0.25, 0.3) is 5.91 Å². The summed E-state index contributed by atoms with van der Waals surface area (Å²) in [4.78, 5) is 22.5. The Balaban J connectivity index is 1.46. The standard InChI is InChI=1S/C18H19FN4O2/c19-15-6-20-17(21-7-15)23-8-14-9-25-12-18(14,11-23)10-22-16(24)13-4-2-1-3-5-13/h1-7,14H,8-12H2,(H,22,24)/t14-,18+/m1/s1. The number of nitrogens with one attached hydrogen (secondary N) is 1. The van der Waals surface area contributed by atoms with Gasteiger partial charge in [-0.2, -0.15) is 0 Å². The normalized spacial score (nSPS) is 25.0. The predicted molar refractivity (Wildman–Crippen MR) is 89.7 cm³/mol. The molecule has 1 aromatic heterocycles. The molecule has 1 amide bonds. The molecule has 0 saturated carbocycles. The summed E-state index contributed by atoms with van der Waals surface area (Å²) in [5, 5.41) is 3.04. The van der Waals surface area contributed by atoms with E-state index in [0.717, 1.165) is 6.54 Å². The first-order valence-corrected chi connectivity index (χ1v) is 8.30. The first-order chi connectivity index (χ1) is 12.2. The fraction of sp³-hybridized carbons (Fsp3) is 0.389. The van der Waals surface area contributed by atoms with Crippen molar-refractivity contribution in [2.75, 3.05) is 37.7 Å². The molecule has 3 heterocycles. The first-order valence-electron chi connectivity index (χ1n) is 8.30. The van der Waals surface area contributed by atoms with Gasteiger partial charge in [-0.1, -0.05) is 18.2 Å². The van der Waals surface area contributed by atoms with Crippen molar-refractivity contribution in [1.29, 1.82) is 0 Å². The van der Waals surface area contributed by atoms with E-state index in [1.807, 2.05) is 23.1 Å². The summed E-state index contributed by atoms with van der Waals surface area (Å²) in [6, 6.07) is 9.16. The van der Waals surface area contributed by atoms with Crippen LogP contribution in [-0.2, 0) is 4.74 Å². The third-order valence-electron chi connectivity index (χ3n) is 5.05. The van der Waals surface area contributed by atoms with Gasteiger partial charge < -0.3 is 15.0 Å². The van der Waals surface area contributed by atoms with Gasteiger partial charge in [-0.15, -0.1) is 0 Å². The molecule has 7 heteroatoms. The summed E-state index contributed by atoms with van der Waals surface area (Å²) in [5.41, 5.74) is 0.480. The van der Waals surface area contributed by atoms with Crippen LogP contribution in [0.4, 0.5) is 10.3 Å². The monoisotopic (exact) mass is 342 g/mol. The molecule has 1 aromatic carbocycles. The van der Waals surface area contributed by atoms with Gasteiger partial charge in [0.1, 0.15) is 0 Å². The number of rotatable bonds is 4. The molecule has 25 heavy (non-hydrogen) atoms. The fourth-order valence-electron chi connectivity index (χ4n) is 3.65. The largest absolute Gasteiger partial charge is 0.380 e. The molecular formula is C18H19FN4O2. The second kappa shape index (κ2) is 6.40. The van der Waals surface area contributed by atoms with Crippen molar-refractivity contribution in [1.82, 2.24) is 15.3 Å². The van der Waals surface area contributed by atoms with Gasteiger partial charge in [-0.05, 0) is 12.1 Å². The van der Waals surface area contributed by atoms with E-state index >= 15 is 0 Å². The van der Waals surface area contributed by atoms with Gasteiger partial charge >= 0.3 is 0 Å². The highest BCUT2D eigenvalue weighted by molar-refractivity contribution is 5.94. The number of amides is 1. The molecule has 0 bridgehead atoms. The summed E-state index contributed by atoms with van der Waals surface area (Å²) in [6.07, 6.45) is 2.35. The zero-order chi connectivity index (χ0) is 17.3. The summed E-state index contributed by atoms with van der Waals surface area (Å²) >= 11 is 0. The third-order valence-corrected chi connectivity index (χ3v) is 5.05. The Morgan fingerprint density at radius 1 is 1.32 bits per heavy atom. The minimum Gasteiger partial charge on any atom is -0.380 e. The van der Waals surface area contributed by atoms with Crippen LogP contribution in [0.2, 0.25) is 0 Å². The minimum atomic E-state index is -0.448. The van der Waals surface area contributed by atoms with Gasteiger partial charge in [-0.3, -0.25) is 4.79 Å². The lowest BCUT2D eigenvalue weighted by Gasteiger charge is -2.27. The second-order valence-electron chi connectivity index (χ2n) is 6.70. The highest BCUT2D eigenvalue weighted by Gasteiger charge is 2.51. The van der Waals surface area contributed by atoms with E-state index in [-0.39, 0.29) is 17.2 Å². The van der Waals surface area contributed by atoms with Gasteiger partial charge in [-0.25, -0.2) is 14.4 Å². The molecule has 1 N–H and O–H groups in total. The number of hydrogen-bond acceptors (Lipinski definition) is 5. The summed E-state index contributed by atoms with van der Waals surface area (Å²) in [7, 11) is 0. The Labute approximate surface area is 145 Å². The number of anilines is 1. The number of aromatic nitrogens is 2. The topological polar surface area (TPSA) is 67.3 Å². The van der Waals surface area contributed by atoms with Gasteiger partial charge in [0.05, 0.1) is 25.6 Å². The van der Waals surface area contributed by atoms with Crippen molar-refractivity contribution in [3.05, 3.63) is 54.1 Å². The highest BCUT2D eigenvalue weighted by Crippen LogP contribution is 2.41. The lowest BCUT2D eigenvalue weighted by Crippen LogP contribution is -2.43. The van der Waals surface area contributed by atoms with Crippen LogP contribution in [0.1, 0.15) is 10.4 Å². The number of benzene rings is 1. The van der Waals surface area contributed by atoms with Crippen LogP contribution < -0.4 is 10.2 Å². The molecule has 6 nitrogen and oxygen atoms in total. The number of ether oxygens (including phenoxy) is 1. The molecular weight excluding hydrogens is 323 g/mol. The molecule has 0 radical (unpaired) electrons. The molecule has 2 aliphatic heterocycles. The van der Waals surface area contributed by atoms with Crippen molar-refractivity contribution in [2.45, 2.75) is 0 Å². The van der Waals surface area contributed by atoms with Crippen molar-refractivity contribution >= 4 is 11.9 Å². The molecule has 2 aromatic rings. The molecule has 2 fully saturated rings. The minimum absolute atomic E-state index is 0.0860. The van der Waals surface area contributed by atoms with Crippen molar-refractivity contribution in [3.8, 4) is 0 Å². The van der Waals surface area contributed by atoms with E-state index in [4.69, 9.17) is 4.74 Å². The zero-order valence-corrected chi connectivity index (χ0v) is 13.7. The predicted octanol–water partition coefficient (Wildman–Crippen LogP) is 1.50. The number of nitrogens with zero attached hydrogens (tertiary/aromatic N) is 3. The Kier molecular flexibility index (Phi) is 4.09. The Bertz CT molecular complexity index is 755. The Morgan fingerprint density at radius 2 is 2.08 bits per heavy atom. The molecule has 2 aliphatic rings. The van der Waals surface area contributed by atoms with Crippen LogP contribution in [0.3, 0.4) is 0 Å². The molecule has 0 unspecified atom stereocenters. The van der Waals surface area contributed by atoms with E-state index < -0.39 is 5.82 Å². The van der Waals surface area contributed by atoms with Gasteiger partial charge in [0.2, 0.25) is 5.95 Å². The van der Waals surface area contributed by atoms with Gasteiger partial charge in [0.15, 0.2) is 5.82 Å². The smallest absolute Gasteiger partial charge is 0.251 e. The van der Waals surface area contributed by atoms with E-state index in [1.54, 1.807) is 12.1 Å². The van der Waals surface area contributed by atoms with Crippen molar-refractivity contribution in [3.63, 3.8) is 0 Å². The molecule has 0 aliphatic carbocycles. The van der Waals surface area contributed by atoms with Crippen LogP contribution in [-0.4, -0.2) is 48.7 Å². The molecule has 0 spiro atoms. The molecule has 4 rings (SSSR count). The number of halogens is 1. The van der Waals surface area contributed by atoms with E-state index in [9.17, 15) is 9.18 Å². The Morgan fingerprint density at radius 3 is 2.84 bits per heavy atom. The van der Waals surface area contributed by atoms with Crippen molar-refractivity contribution in [2.24, 2.45) is 11.3 Å². The lowest BCUT2D eigenvalue weighted by atomic mass is 9.81. The lowest BCUT2D eigenvalue weighted by molar-refractivity contribution is 0.0920. The average Bonchev–Trinajstić information content (AvgIpc) is 3.18. The van der Waals surface area contributed by atoms with E-state index in [0.29, 0.717) is 37.8 Å². The van der Waals surface area contributed by atoms with E-state index in [1.165, 1.54) is 12.4 Å². The van der Waals surface area contributed by atoms with Gasteiger partial charge in [0, 0.05) is 36.5 Å². The number of carbonyl (C=O) groups excluding carboxylic acids is 1. The molecule has 130 valence electrons. The maximum Gasteiger partial charge on any atom is 0.251 e.